The summed E-state index contributed by atoms with van der Waals surface area (Å²) in [5.74, 6) is 0.222. The van der Waals surface area contributed by atoms with E-state index in [-0.39, 0.29) is 5.75 Å². The number of rotatable bonds is 4. The van der Waals surface area contributed by atoms with E-state index in [2.05, 4.69) is 15.9 Å². The van der Waals surface area contributed by atoms with Crippen molar-refractivity contribution < 1.29 is 5.11 Å². The highest BCUT2D eigenvalue weighted by Gasteiger charge is 2.13. The number of nitrogens with two attached hydrogens (primary N) is 1. The number of halogens is 1. The minimum atomic E-state index is 0.222. The molecule has 108 valence electrons. The van der Waals surface area contributed by atoms with Crippen LogP contribution >= 0.6 is 15.9 Å². The van der Waals surface area contributed by atoms with Crippen LogP contribution in [0, 0.1) is 5.41 Å². The Morgan fingerprint density at radius 1 is 1.14 bits per heavy atom. The molecule has 0 aliphatic carbocycles. The second-order valence-corrected chi connectivity index (χ2v) is 5.76. The van der Waals surface area contributed by atoms with Crippen molar-refractivity contribution in [1.82, 2.24) is 0 Å². The van der Waals surface area contributed by atoms with Crippen LogP contribution < -0.4 is 5.73 Å². The lowest BCUT2D eigenvalue weighted by atomic mass is 9.94. The minimum absolute atomic E-state index is 0.222. The predicted octanol–water partition coefficient (Wildman–Crippen LogP) is 4.00. The molecule has 0 saturated heterocycles. The lowest BCUT2D eigenvalue weighted by molar-refractivity contribution is 0.469. The largest absolute Gasteiger partial charge is 0.508 e. The number of para-hydroxylation sites is 1. The van der Waals surface area contributed by atoms with Crippen LogP contribution in [0.15, 0.2) is 64.3 Å². The van der Waals surface area contributed by atoms with Crippen LogP contribution in [0.25, 0.3) is 0 Å². The Morgan fingerprint density at radius 3 is 2.33 bits per heavy atom. The van der Waals surface area contributed by atoms with Gasteiger partial charge in [0.2, 0.25) is 0 Å². The standard InChI is InChI=1S/C17H17BrN2O/c1-11(19)15(10-13-4-2-3-5-16(13)21)17(20)12-6-8-14(18)9-7-12/h2-9,20-21H,10,19H2,1H3. The molecule has 4 heteroatoms. The van der Waals surface area contributed by atoms with E-state index in [1.54, 1.807) is 19.1 Å². The zero-order chi connectivity index (χ0) is 15.4. The Balaban J connectivity index is 2.33. The van der Waals surface area contributed by atoms with Crippen LogP contribution in [-0.4, -0.2) is 10.8 Å². The van der Waals surface area contributed by atoms with Gasteiger partial charge in [-0.05, 0) is 36.2 Å². The fourth-order valence-corrected chi connectivity index (χ4v) is 2.33. The SMILES string of the molecule is CC(N)=C(Cc1ccccc1O)C(=N)c1ccc(Br)cc1. The average Bonchev–Trinajstić information content (AvgIpc) is 2.46. The number of hydrogen-bond donors (Lipinski definition) is 3. The summed E-state index contributed by atoms with van der Waals surface area (Å²) in [6.45, 7) is 1.78. The predicted molar refractivity (Wildman–Crippen MR) is 89.7 cm³/mol. The molecule has 0 aromatic heterocycles. The summed E-state index contributed by atoms with van der Waals surface area (Å²) >= 11 is 3.38. The molecule has 0 aliphatic heterocycles. The van der Waals surface area contributed by atoms with E-state index in [1.807, 2.05) is 36.4 Å². The molecule has 0 unspecified atom stereocenters. The first kappa shape index (κ1) is 15.3. The van der Waals surface area contributed by atoms with Crippen molar-refractivity contribution in [3.8, 4) is 5.75 Å². The van der Waals surface area contributed by atoms with Gasteiger partial charge in [-0.1, -0.05) is 46.3 Å². The van der Waals surface area contributed by atoms with Crippen LogP contribution in [0.2, 0.25) is 0 Å². The summed E-state index contributed by atoms with van der Waals surface area (Å²) < 4.78 is 0.967. The number of phenolic OH excluding ortho intramolecular Hbond substituents is 1. The number of aromatic hydroxyl groups is 1. The van der Waals surface area contributed by atoms with Gasteiger partial charge >= 0.3 is 0 Å². The Labute approximate surface area is 132 Å². The van der Waals surface area contributed by atoms with Crippen LogP contribution in [-0.2, 0) is 6.42 Å². The summed E-state index contributed by atoms with van der Waals surface area (Å²) in [6, 6.07) is 14.7. The molecule has 0 amide bonds. The van der Waals surface area contributed by atoms with Crippen molar-refractivity contribution in [2.75, 3.05) is 0 Å². The van der Waals surface area contributed by atoms with E-state index in [0.29, 0.717) is 17.8 Å². The maximum Gasteiger partial charge on any atom is 0.119 e. The molecular formula is C17H17BrN2O. The molecule has 3 nitrogen and oxygen atoms in total. The molecule has 0 radical (unpaired) electrons. The fourth-order valence-electron chi connectivity index (χ4n) is 2.07. The van der Waals surface area contributed by atoms with Gasteiger partial charge in [0, 0.05) is 22.2 Å². The Bertz CT molecular complexity index is 686. The number of benzene rings is 2. The van der Waals surface area contributed by atoms with Gasteiger partial charge in [-0.25, -0.2) is 0 Å². The van der Waals surface area contributed by atoms with Crippen molar-refractivity contribution in [3.63, 3.8) is 0 Å². The number of phenols is 1. The molecular weight excluding hydrogens is 328 g/mol. The molecule has 2 aromatic rings. The number of allylic oxidation sites excluding steroid dienone is 2. The number of nitrogens with one attached hydrogen (secondary N) is 1. The first-order valence-corrected chi connectivity index (χ1v) is 7.35. The van der Waals surface area contributed by atoms with Crippen molar-refractivity contribution >= 4 is 21.6 Å². The molecule has 0 atom stereocenters. The third-order valence-electron chi connectivity index (χ3n) is 3.27. The topological polar surface area (TPSA) is 70.1 Å². The number of hydrogen-bond acceptors (Lipinski definition) is 3. The van der Waals surface area contributed by atoms with Crippen molar-refractivity contribution in [1.29, 1.82) is 5.41 Å². The van der Waals surface area contributed by atoms with Crippen molar-refractivity contribution in [2.45, 2.75) is 13.3 Å². The van der Waals surface area contributed by atoms with Crippen LogP contribution in [0.4, 0.5) is 0 Å². The van der Waals surface area contributed by atoms with Crippen molar-refractivity contribution in [2.24, 2.45) is 5.73 Å². The van der Waals surface area contributed by atoms with E-state index in [9.17, 15) is 5.11 Å². The van der Waals surface area contributed by atoms with Crippen LogP contribution in [0.5, 0.6) is 5.75 Å². The second kappa shape index (κ2) is 6.59. The summed E-state index contributed by atoms with van der Waals surface area (Å²) in [4.78, 5) is 0. The summed E-state index contributed by atoms with van der Waals surface area (Å²) in [5.41, 5.74) is 9.20. The molecule has 0 saturated carbocycles. The van der Waals surface area contributed by atoms with E-state index in [1.165, 1.54) is 0 Å². The zero-order valence-corrected chi connectivity index (χ0v) is 13.3. The van der Waals surface area contributed by atoms with Gasteiger partial charge in [0.15, 0.2) is 0 Å². The van der Waals surface area contributed by atoms with Gasteiger partial charge in [-0.3, -0.25) is 5.41 Å². The summed E-state index contributed by atoms with van der Waals surface area (Å²) in [6.07, 6.45) is 0.434. The molecule has 0 fully saturated rings. The maximum absolute atomic E-state index is 9.89. The normalized spacial score (nSPS) is 11.9. The zero-order valence-electron chi connectivity index (χ0n) is 11.7. The summed E-state index contributed by atoms with van der Waals surface area (Å²) in [5, 5.41) is 18.3. The van der Waals surface area contributed by atoms with E-state index < -0.39 is 0 Å². The monoisotopic (exact) mass is 344 g/mol. The highest BCUT2D eigenvalue weighted by atomic mass is 79.9. The molecule has 2 rings (SSSR count). The summed E-state index contributed by atoms with van der Waals surface area (Å²) in [7, 11) is 0. The first-order chi connectivity index (χ1) is 9.99. The Morgan fingerprint density at radius 2 is 1.76 bits per heavy atom. The van der Waals surface area contributed by atoms with E-state index in [0.717, 1.165) is 21.2 Å². The smallest absolute Gasteiger partial charge is 0.119 e. The lowest BCUT2D eigenvalue weighted by Crippen LogP contribution is -2.12. The first-order valence-electron chi connectivity index (χ1n) is 6.56. The van der Waals surface area contributed by atoms with Gasteiger partial charge in [-0.2, -0.15) is 0 Å². The van der Waals surface area contributed by atoms with Gasteiger partial charge in [0.05, 0.1) is 5.71 Å². The molecule has 4 N–H and O–H groups in total. The highest BCUT2D eigenvalue weighted by molar-refractivity contribution is 9.10. The third kappa shape index (κ3) is 3.73. The second-order valence-electron chi connectivity index (χ2n) is 4.85. The van der Waals surface area contributed by atoms with Gasteiger partial charge < -0.3 is 10.8 Å². The maximum atomic E-state index is 9.89. The van der Waals surface area contributed by atoms with Crippen LogP contribution in [0.3, 0.4) is 0 Å². The average molecular weight is 345 g/mol. The highest BCUT2D eigenvalue weighted by Crippen LogP contribution is 2.23. The van der Waals surface area contributed by atoms with E-state index in [4.69, 9.17) is 11.1 Å². The van der Waals surface area contributed by atoms with Gasteiger partial charge in [0.1, 0.15) is 5.75 Å². The molecule has 0 aliphatic rings. The van der Waals surface area contributed by atoms with Gasteiger partial charge in [-0.15, -0.1) is 0 Å². The molecule has 2 aromatic carbocycles. The Kier molecular flexibility index (Phi) is 4.81. The Hall–Kier alpha value is -2.07. The molecule has 0 heterocycles. The van der Waals surface area contributed by atoms with Gasteiger partial charge in [0.25, 0.3) is 0 Å². The third-order valence-corrected chi connectivity index (χ3v) is 3.80. The molecule has 0 bridgehead atoms. The molecule has 0 spiro atoms. The van der Waals surface area contributed by atoms with Crippen molar-refractivity contribution in [3.05, 3.63) is 75.4 Å². The quantitative estimate of drug-likeness (QED) is 0.733. The van der Waals surface area contributed by atoms with E-state index >= 15 is 0 Å². The molecule has 21 heavy (non-hydrogen) atoms. The van der Waals surface area contributed by atoms with Crippen LogP contribution in [0.1, 0.15) is 18.1 Å². The minimum Gasteiger partial charge on any atom is -0.508 e. The lowest BCUT2D eigenvalue weighted by Gasteiger charge is -2.13. The fraction of sp³-hybridized carbons (Fsp3) is 0.118.